The Morgan fingerprint density at radius 2 is 2.28 bits per heavy atom. The van der Waals surface area contributed by atoms with Crippen LogP contribution in [0, 0.1) is 0 Å². The highest BCUT2D eigenvalue weighted by Crippen LogP contribution is 2.17. The van der Waals surface area contributed by atoms with Gasteiger partial charge in [0, 0.05) is 29.8 Å². The molecule has 1 aromatic rings. The van der Waals surface area contributed by atoms with Gasteiger partial charge in [-0.25, -0.2) is 4.98 Å². The topological polar surface area (TPSA) is 45.2 Å². The molecule has 1 heterocycles. The highest BCUT2D eigenvalue weighted by molar-refractivity contribution is 9.10. The first-order valence-electron chi connectivity index (χ1n) is 5.71. The molecular weight excluding hydrogens is 318 g/mol. The fourth-order valence-electron chi connectivity index (χ4n) is 1.28. The largest absolute Gasteiger partial charge is 0.351 e. The maximum absolute atomic E-state index is 11.9. The summed E-state index contributed by atoms with van der Waals surface area (Å²) in [5.41, 5.74) is 0.387. The van der Waals surface area contributed by atoms with Gasteiger partial charge in [-0.3, -0.25) is 4.79 Å². The van der Waals surface area contributed by atoms with E-state index in [9.17, 15) is 4.79 Å². The summed E-state index contributed by atoms with van der Waals surface area (Å²) in [6.45, 7) is 5.59. The van der Waals surface area contributed by atoms with Crippen LogP contribution in [-0.4, -0.2) is 42.0 Å². The monoisotopic (exact) mass is 333 g/mol. The van der Waals surface area contributed by atoms with Crippen molar-refractivity contribution in [3.8, 4) is 0 Å². The van der Waals surface area contributed by atoms with Crippen LogP contribution in [-0.2, 0) is 0 Å². The third kappa shape index (κ3) is 4.55. The molecule has 0 fully saturated rings. The van der Waals surface area contributed by atoms with Crippen LogP contribution >= 0.6 is 27.5 Å². The first kappa shape index (κ1) is 15.4. The van der Waals surface area contributed by atoms with E-state index in [4.69, 9.17) is 11.6 Å². The number of aromatic nitrogens is 1. The molecule has 0 aromatic carbocycles. The fraction of sp³-hybridized carbons (Fsp3) is 0.500. The van der Waals surface area contributed by atoms with Crippen molar-refractivity contribution in [1.29, 1.82) is 0 Å². The molecule has 1 aromatic heterocycles. The summed E-state index contributed by atoms with van der Waals surface area (Å²) >= 11 is 9.15. The Balaban J connectivity index is 2.53. The summed E-state index contributed by atoms with van der Waals surface area (Å²) in [7, 11) is 2.02. The smallest absolute Gasteiger partial charge is 0.254 e. The van der Waals surface area contributed by atoms with E-state index >= 15 is 0 Å². The molecule has 0 saturated carbocycles. The van der Waals surface area contributed by atoms with Gasteiger partial charge < -0.3 is 10.2 Å². The lowest BCUT2D eigenvalue weighted by atomic mass is 10.2. The molecule has 4 nitrogen and oxygen atoms in total. The number of rotatable bonds is 5. The van der Waals surface area contributed by atoms with E-state index in [0.717, 1.165) is 11.0 Å². The molecule has 6 heteroatoms. The van der Waals surface area contributed by atoms with E-state index in [1.165, 1.54) is 0 Å². The van der Waals surface area contributed by atoms with E-state index in [-0.39, 0.29) is 11.1 Å². The van der Waals surface area contributed by atoms with Crippen molar-refractivity contribution in [2.45, 2.75) is 19.9 Å². The Morgan fingerprint density at radius 3 is 2.89 bits per heavy atom. The van der Waals surface area contributed by atoms with Crippen molar-refractivity contribution in [3.05, 3.63) is 27.5 Å². The van der Waals surface area contributed by atoms with Gasteiger partial charge in [0.15, 0.2) is 0 Å². The van der Waals surface area contributed by atoms with Gasteiger partial charge in [0.05, 0.1) is 5.56 Å². The van der Waals surface area contributed by atoms with Crippen molar-refractivity contribution in [2.75, 3.05) is 20.1 Å². The van der Waals surface area contributed by atoms with Gasteiger partial charge in [-0.2, -0.15) is 0 Å². The quantitative estimate of drug-likeness (QED) is 0.842. The molecule has 1 N–H and O–H groups in total. The van der Waals surface area contributed by atoms with Crippen molar-refractivity contribution in [3.63, 3.8) is 0 Å². The Hall–Kier alpha value is -0.650. The average molecular weight is 335 g/mol. The number of nitrogens with one attached hydrogen (secondary N) is 1. The van der Waals surface area contributed by atoms with Crippen molar-refractivity contribution < 1.29 is 4.79 Å². The van der Waals surface area contributed by atoms with Crippen LogP contribution in [0.15, 0.2) is 16.7 Å². The number of hydrogen-bond donors (Lipinski definition) is 1. The fourth-order valence-corrected chi connectivity index (χ4v) is 1.80. The standard InChI is InChI=1S/C12H17BrClN3O/c1-8(2)17(3)5-4-15-12(18)10-6-9(13)7-16-11(10)14/h6-8H,4-5H2,1-3H3,(H,15,18). The van der Waals surface area contributed by atoms with Gasteiger partial charge in [-0.05, 0) is 42.9 Å². The van der Waals surface area contributed by atoms with Gasteiger partial charge >= 0.3 is 0 Å². The lowest BCUT2D eigenvalue weighted by Gasteiger charge is -2.20. The highest BCUT2D eigenvalue weighted by Gasteiger charge is 2.12. The maximum Gasteiger partial charge on any atom is 0.254 e. The molecule has 0 saturated heterocycles. The van der Waals surface area contributed by atoms with Gasteiger partial charge in [-0.15, -0.1) is 0 Å². The Kier molecular flexibility index (Phi) is 6.05. The Morgan fingerprint density at radius 1 is 1.61 bits per heavy atom. The van der Waals surface area contributed by atoms with Crippen LogP contribution in [0.2, 0.25) is 5.15 Å². The van der Waals surface area contributed by atoms with E-state index in [1.54, 1.807) is 12.3 Å². The van der Waals surface area contributed by atoms with Crippen LogP contribution < -0.4 is 5.32 Å². The third-order valence-electron chi connectivity index (χ3n) is 2.68. The minimum atomic E-state index is -0.203. The number of hydrogen-bond acceptors (Lipinski definition) is 3. The first-order valence-corrected chi connectivity index (χ1v) is 6.88. The molecule has 0 bridgehead atoms. The number of nitrogens with zero attached hydrogens (tertiary/aromatic N) is 2. The molecule has 0 aliphatic carbocycles. The van der Waals surface area contributed by atoms with E-state index < -0.39 is 0 Å². The molecular formula is C12H17BrClN3O. The maximum atomic E-state index is 11.9. The van der Waals surface area contributed by atoms with E-state index in [1.807, 2.05) is 7.05 Å². The second-order valence-electron chi connectivity index (χ2n) is 4.32. The minimum absolute atomic E-state index is 0.203. The molecule has 0 unspecified atom stereocenters. The normalized spacial score (nSPS) is 11.1. The summed E-state index contributed by atoms with van der Waals surface area (Å²) in [4.78, 5) is 18.0. The lowest BCUT2D eigenvalue weighted by Crippen LogP contribution is -2.36. The van der Waals surface area contributed by atoms with Crippen LogP contribution in [0.3, 0.4) is 0 Å². The number of likely N-dealkylation sites (N-methyl/N-ethyl adjacent to an activating group) is 1. The van der Waals surface area contributed by atoms with Crippen LogP contribution in [0.25, 0.3) is 0 Å². The zero-order chi connectivity index (χ0) is 13.7. The second-order valence-corrected chi connectivity index (χ2v) is 5.60. The SMILES string of the molecule is CC(C)N(C)CCNC(=O)c1cc(Br)cnc1Cl. The molecule has 1 rings (SSSR count). The van der Waals surface area contributed by atoms with Crippen LogP contribution in [0.5, 0.6) is 0 Å². The van der Waals surface area contributed by atoms with Crippen molar-refractivity contribution in [1.82, 2.24) is 15.2 Å². The average Bonchev–Trinajstić information content (AvgIpc) is 2.31. The predicted octanol–water partition coefficient (Wildman–Crippen LogP) is 2.57. The summed E-state index contributed by atoms with van der Waals surface area (Å²) in [6.07, 6.45) is 1.56. The molecule has 0 radical (unpaired) electrons. The molecule has 0 aliphatic heterocycles. The van der Waals surface area contributed by atoms with Gasteiger partial charge in [0.1, 0.15) is 5.15 Å². The molecule has 0 spiro atoms. The van der Waals surface area contributed by atoms with Crippen molar-refractivity contribution in [2.24, 2.45) is 0 Å². The lowest BCUT2D eigenvalue weighted by molar-refractivity contribution is 0.0948. The summed E-state index contributed by atoms with van der Waals surface area (Å²) in [5.74, 6) is -0.203. The van der Waals surface area contributed by atoms with Gasteiger partial charge in [0.2, 0.25) is 0 Å². The number of pyridine rings is 1. The third-order valence-corrected chi connectivity index (χ3v) is 3.42. The molecule has 0 aliphatic rings. The molecule has 100 valence electrons. The highest BCUT2D eigenvalue weighted by atomic mass is 79.9. The zero-order valence-corrected chi connectivity index (χ0v) is 13.0. The summed E-state index contributed by atoms with van der Waals surface area (Å²) < 4.78 is 0.733. The number of amides is 1. The Bertz CT molecular complexity index is 426. The molecule has 1 amide bonds. The predicted molar refractivity (Wildman–Crippen MR) is 77.0 cm³/mol. The first-order chi connectivity index (χ1) is 8.41. The van der Waals surface area contributed by atoms with Gasteiger partial charge in [0.25, 0.3) is 5.91 Å². The van der Waals surface area contributed by atoms with E-state index in [0.29, 0.717) is 18.2 Å². The molecule has 18 heavy (non-hydrogen) atoms. The number of carbonyl (C=O) groups excluding carboxylic acids is 1. The van der Waals surface area contributed by atoms with Crippen LogP contribution in [0.4, 0.5) is 0 Å². The Labute approximate surface area is 121 Å². The molecule has 0 atom stereocenters. The zero-order valence-electron chi connectivity index (χ0n) is 10.7. The number of halogens is 2. The van der Waals surface area contributed by atoms with Crippen molar-refractivity contribution >= 4 is 33.4 Å². The van der Waals surface area contributed by atoms with E-state index in [2.05, 4.69) is 45.0 Å². The summed E-state index contributed by atoms with van der Waals surface area (Å²) in [6, 6.07) is 2.12. The second kappa shape index (κ2) is 7.07. The number of carbonyl (C=O) groups is 1. The minimum Gasteiger partial charge on any atom is -0.351 e. The van der Waals surface area contributed by atoms with Gasteiger partial charge in [-0.1, -0.05) is 11.6 Å². The van der Waals surface area contributed by atoms with Crippen LogP contribution in [0.1, 0.15) is 24.2 Å². The summed E-state index contributed by atoms with van der Waals surface area (Å²) in [5, 5.41) is 3.04.